The molecule has 0 amide bonds. The predicted molar refractivity (Wildman–Crippen MR) is 104 cm³/mol. The van der Waals surface area contributed by atoms with Gasteiger partial charge >= 0.3 is 6.92 Å². The summed E-state index contributed by atoms with van der Waals surface area (Å²) in [6, 6.07) is 19.5. The summed E-state index contributed by atoms with van der Waals surface area (Å²) in [5.41, 5.74) is 3.86. The van der Waals surface area contributed by atoms with E-state index in [0.717, 1.165) is 19.6 Å². The molecule has 3 rings (SSSR count). The lowest BCUT2D eigenvalue weighted by Crippen LogP contribution is -2.46. The van der Waals surface area contributed by atoms with Gasteiger partial charge in [-0.3, -0.25) is 0 Å². The Bertz CT molecular complexity index is 593. The van der Waals surface area contributed by atoms with Crippen molar-refractivity contribution in [3.05, 3.63) is 60.2 Å². The van der Waals surface area contributed by atoms with E-state index >= 15 is 0 Å². The van der Waals surface area contributed by atoms with Crippen LogP contribution in [0.5, 0.6) is 0 Å². The number of likely N-dealkylation sites (tertiary alicyclic amines) is 1. The monoisotopic (exact) mass is 321 g/mol. The fourth-order valence-electron chi connectivity index (χ4n) is 3.42. The second-order valence-electron chi connectivity index (χ2n) is 6.66. The van der Waals surface area contributed by atoms with E-state index in [1.807, 2.05) is 0 Å². The topological polar surface area (TPSA) is 12.5 Å². The molecule has 1 heterocycles. The predicted octanol–water partition coefficient (Wildman–Crippen LogP) is 2.86. The van der Waals surface area contributed by atoms with Crippen molar-refractivity contribution in [1.29, 1.82) is 0 Å². The fraction of sp³-hybridized carbons (Fsp3) is 0.429. The molecule has 1 aliphatic rings. The van der Waals surface area contributed by atoms with Gasteiger partial charge in [-0.1, -0.05) is 67.9 Å². The third kappa shape index (κ3) is 4.72. The molecular formula is C21H28BNO. The van der Waals surface area contributed by atoms with Crippen molar-refractivity contribution in [2.45, 2.75) is 32.6 Å². The highest BCUT2D eigenvalue weighted by atomic mass is 16.4. The molecule has 24 heavy (non-hydrogen) atoms. The highest BCUT2D eigenvalue weighted by Crippen LogP contribution is 2.08. The number of hydrogen-bond acceptors (Lipinski definition) is 2. The van der Waals surface area contributed by atoms with Crippen LogP contribution in [0.25, 0.3) is 0 Å². The normalized spacial score (nSPS) is 15.4. The fourth-order valence-corrected chi connectivity index (χ4v) is 3.42. The summed E-state index contributed by atoms with van der Waals surface area (Å²) in [6.45, 7) is 6.50. The molecule has 1 saturated heterocycles. The second-order valence-corrected chi connectivity index (χ2v) is 6.66. The molecule has 1 aliphatic heterocycles. The largest absolute Gasteiger partial charge is 0.426 e. The lowest BCUT2D eigenvalue weighted by Gasteiger charge is -2.27. The van der Waals surface area contributed by atoms with Gasteiger partial charge in [-0.2, -0.15) is 0 Å². The maximum Gasteiger partial charge on any atom is 0.361 e. The van der Waals surface area contributed by atoms with Gasteiger partial charge in [0.2, 0.25) is 0 Å². The Hall–Kier alpha value is -1.58. The Morgan fingerprint density at radius 3 is 2.21 bits per heavy atom. The lowest BCUT2D eigenvalue weighted by atomic mass is 9.55. The van der Waals surface area contributed by atoms with Gasteiger partial charge in [0.1, 0.15) is 0 Å². The molecule has 0 aliphatic carbocycles. The Balaban J connectivity index is 1.67. The number of piperidine rings is 1. The summed E-state index contributed by atoms with van der Waals surface area (Å²) in [5, 5.41) is 0. The van der Waals surface area contributed by atoms with Gasteiger partial charge in [-0.25, -0.2) is 0 Å². The number of rotatable bonds is 7. The molecule has 0 atom stereocenters. The Kier molecular flexibility index (Phi) is 6.51. The van der Waals surface area contributed by atoms with E-state index in [1.165, 1.54) is 48.8 Å². The summed E-state index contributed by atoms with van der Waals surface area (Å²) in [4.78, 5) is 2.53. The quantitative estimate of drug-likeness (QED) is 0.727. The van der Waals surface area contributed by atoms with Crippen molar-refractivity contribution < 1.29 is 4.65 Å². The Morgan fingerprint density at radius 2 is 1.54 bits per heavy atom. The van der Waals surface area contributed by atoms with Crippen LogP contribution in [0, 0.1) is 0 Å². The average molecular weight is 321 g/mol. The van der Waals surface area contributed by atoms with E-state index in [-0.39, 0.29) is 6.92 Å². The molecule has 126 valence electrons. The van der Waals surface area contributed by atoms with E-state index in [1.54, 1.807) is 0 Å². The smallest absolute Gasteiger partial charge is 0.361 e. The molecule has 0 bridgehead atoms. The molecule has 0 N–H and O–H groups in total. The van der Waals surface area contributed by atoms with Crippen molar-refractivity contribution in [2.75, 3.05) is 26.2 Å². The van der Waals surface area contributed by atoms with Crippen LogP contribution in [0.4, 0.5) is 0 Å². The summed E-state index contributed by atoms with van der Waals surface area (Å²) >= 11 is 0. The van der Waals surface area contributed by atoms with Crippen molar-refractivity contribution in [1.82, 2.24) is 4.90 Å². The first-order valence-corrected chi connectivity index (χ1v) is 9.34. The van der Waals surface area contributed by atoms with E-state index in [4.69, 9.17) is 4.65 Å². The Morgan fingerprint density at radius 1 is 0.875 bits per heavy atom. The highest BCUT2D eigenvalue weighted by Gasteiger charge is 2.21. The third-order valence-corrected chi connectivity index (χ3v) is 4.93. The van der Waals surface area contributed by atoms with Crippen LogP contribution in [0.2, 0.25) is 0 Å². The SMILES string of the molecule is CCc1ccc(B(OCCN2CCCCC2)c2ccccc2)cc1. The van der Waals surface area contributed by atoms with Crippen LogP contribution in [0.1, 0.15) is 31.7 Å². The van der Waals surface area contributed by atoms with Gasteiger partial charge in [0, 0.05) is 13.2 Å². The Labute approximate surface area is 146 Å². The number of benzene rings is 2. The van der Waals surface area contributed by atoms with Crippen molar-refractivity contribution in [3.63, 3.8) is 0 Å². The first kappa shape index (κ1) is 17.3. The van der Waals surface area contributed by atoms with E-state index in [2.05, 4.69) is 66.4 Å². The van der Waals surface area contributed by atoms with Crippen molar-refractivity contribution >= 4 is 17.8 Å². The minimum absolute atomic E-state index is 0.0295. The van der Waals surface area contributed by atoms with Crippen LogP contribution in [-0.4, -0.2) is 38.1 Å². The minimum atomic E-state index is 0.0295. The van der Waals surface area contributed by atoms with E-state index in [9.17, 15) is 0 Å². The molecule has 3 heteroatoms. The summed E-state index contributed by atoms with van der Waals surface area (Å²) in [5.74, 6) is 0. The number of hydrogen-bond donors (Lipinski definition) is 0. The van der Waals surface area contributed by atoms with Crippen molar-refractivity contribution in [3.8, 4) is 0 Å². The van der Waals surface area contributed by atoms with Crippen LogP contribution < -0.4 is 10.9 Å². The van der Waals surface area contributed by atoms with Crippen LogP contribution in [-0.2, 0) is 11.1 Å². The third-order valence-electron chi connectivity index (χ3n) is 4.93. The molecule has 0 unspecified atom stereocenters. The van der Waals surface area contributed by atoms with Crippen LogP contribution >= 0.6 is 0 Å². The maximum absolute atomic E-state index is 6.35. The van der Waals surface area contributed by atoms with Crippen LogP contribution in [0.3, 0.4) is 0 Å². The van der Waals surface area contributed by atoms with Crippen LogP contribution in [0.15, 0.2) is 54.6 Å². The first-order valence-electron chi connectivity index (χ1n) is 9.34. The highest BCUT2D eigenvalue weighted by molar-refractivity contribution is 6.80. The first-order chi connectivity index (χ1) is 11.9. The molecule has 0 spiro atoms. The van der Waals surface area contributed by atoms with Gasteiger partial charge < -0.3 is 9.55 Å². The standard InChI is InChI=1S/C21H28BNO/c1-2-19-11-13-21(14-12-19)22(20-9-5-3-6-10-20)24-18-17-23-15-7-4-8-16-23/h3,5-6,9-14H,2,4,7-8,15-18H2,1H3. The number of aryl methyl sites for hydroxylation is 1. The maximum atomic E-state index is 6.35. The lowest BCUT2D eigenvalue weighted by molar-refractivity contribution is 0.186. The van der Waals surface area contributed by atoms with Gasteiger partial charge in [-0.05, 0) is 48.8 Å². The molecule has 1 fully saturated rings. The van der Waals surface area contributed by atoms with E-state index < -0.39 is 0 Å². The van der Waals surface area contributed by atoms with Crippen molar-refractivity contribution in [2.24, 2.45) is 0 Å². The van der Waals surface area contributed by atoms with Gasteiger partial charge in [-0.15, -0.1) is 0 Å². The summed E-state index contributed by atoms with van der Waals surface area (Å²) in [7, 11) is 0. The average Bonchev–Trinajstić information content (AvgIpc) is 2.67. The molecule has 0 radical (unpaired) electrons. The number of nitrogens with zero attached hydrogens (tertiary/aromatic N) is 1. The molecule has 0 aromatic heterocycles. The molecule has 2 aromatic rings. The zero-order valence-corrected chi connectivity index (χ0v) is 14.8. The molecular weight excluding hydrogens is 293 g/mol. The van der Waals surface area contributed by atoms with Gasteiger partial charge in [0.15, 0.2) is 0 Å². The van der Waals surface area contributed by atoms with Gasteiger partial charge in [0.05, 0.1) is 0 Å². The minimum Gasteiger partial charge on any atom is -0.426 e. The van der Waals surface area contributed by atoms with E-state index in [0.29, 0.717) is 0 Å². The molecule has 0 saturated carbocycles. The second kappa shape index (κ2) is 9.05. The summed E-state index contributed by atoms with van der Waals surface area (Å²) < 4.78 is 6.35. The summed E-state index contributed by atoms with van der Waals surface area (Å²) in [6.07, 6.45) is 5.13. The zero-order chi connectivity index (χ0) is 16.6. The molecule has 2 aromatic carbocycles. The zero-order valence-electron chi connectivity index (χ0n) is 14.8. The van der Waals surface area contributed by atoms with Gasteiger partial charge in [0.25, 0.3) is 0 Å². The molecule has 2 nitrogen and oxygen atoms in total.